The molecule has 14 heavy (non-hydrogen) atoms. The van der Waals surface area contributed by atoms with Crippen LogP contribution in [0.3, 0.4) is 0 Å². The summed E-state index contributed by atoms with van der Waals surface area (Å²) in [4.78, 5) is 13.2. The summed E-state index contributed by atoms with van der Waals surface area (Å²) in [5, 5.41) is 4.38. The van der Waals surface area contributed by atoms with Gasteiger partial charge in [-0.1, -0.05) is 24.4 Å². The second-order valence-electron chi connectivity index (χ2n) is 3.61. The number of rotatable bonds is 3. The molecule has 0 bridgehead atoms. The lowest BCUT2D eigenvalue weighted by molar-refractivity contribution is 0.383. The zero-order chi connectivity index (χ0) is 9.80. The van der Waals surface area contributed by atoms with Crippen molar-refractivity contribution in [3.63, 3.8) is 0 Å². The smallest absolute Gasteiger partial charge is 0.296 e. The molecular weight excluding hydrogens is 200 g/mol. The zero-order valence-electron chi connectivity index (χ0n) is 7.99. The Morgan fingerprint density at radius 2 is 2.21 bits per heavy atom. The molecule has 1 aliphatic rings. The second kappa shape index (κ2) is 4.68. The van der Waals surface area contributed by atoms with Gasteiger partial charge in [0.1, 0.15) is 0 Å². The van der Waals surface area contributed by atoms with Crippen LogP contribution in [-0.2, 0) is 5.75 Å². The molecule has 4 nitrogen and oxygen atoms in total. The Kier molecular flexibility index (Phi) is 3.29. The van der Waals surface area contributed by atoms with Gasteiger partial charge in [0.15, 0.2) is 5.82 Å². The molecule has 5 heteroatoms. The second-order valence-corrected chi connectivity index (χ2v) is 4.90. The van der Waals surface area contributed by atoms with E-state index in [0.29, 0.717) is 5.82 Å². The summed E-state index contributed by atoms with van der Waals surface area (Å²) in [5.41, 5.74) is 0. The van der Waals surface area contributed by atoms with Crippen molar-refractivity contribution >= 4 is 11.8 Å². The predicted molar refractivity (Wildman–Crippen MR) is 55.3 cm³/mol. The molecule has 0 aliphatic heterocycles. The highest BCUT2D eigenvalue weighted by molar-refractivity contribution is 7.99. The highest BCUT2D eigenvalue weighted by Gasteiger charge is 2.14. The molecule has 0 radical (unpaired) electrons. The maximum Gasteiger partial charge on any atom is 0.438 e. The molecule has 0 amide bonds. The van der Waals surface area contributed by atoms with E-state index in [1.165, 1.54) is 32.1 Å². The van der Waals surface area contributed by atoms with E-state index >= 15 is 0 Å². The van der Waals surface area contributed by atoms with Crippen LogP contribution in [0.4, 0.5) is 0 Å². The molecule has 1 fully saturated rings. The molecule has 1 aromatic heterocycles. The SMILES string of the molecule is O=c1[nH]c(CSC2CCCCC2)no1. The van der Waals surface area contributed by atoms with E-state index < -0.39 is 5.76 Å². The van der Waals surface area contributed by atoms with E-state index in [9.17, 15) is 4.79 Å². The van der Waals surface area contributed by atoms with Crippen LogP contribution in [0.15, 0.2) is 9.32 Å². The first-order valence-corrected chi connectivity index (χ1v) is 6.06. The normalized spacial score (nSPS) is 18.6. The van der Waals surface area contributed by atoms with Crippen molar-refractivity contribution in [1.29, 1.82) is 0 Å². The number of nitrogens with one attached hydrogen (secondary N) is 1. The fourth-order valence-electron chi connectivity index (χ4n) is 1.75. The molecule has 1 heterocycles. The van der Waals surface area contributed by atoms with E-state index in [1.807, 2.05) is 11.8 Å². The van der Waals surface area contributed by atoms with Gasteiger partial charge in [-0.05, 0) is 12.8 Å². The third-order valence-corrected chi connectivity index (χ3v) is 3.88. The maximum atomic E-state index is 10.6. The molecule has 0 spiro atoms. The molecular formula is C9H14N2O2S. The first-order chi connectivity index (χ1) is 6.84. The Labute approximate surface area is 86.4 Å². The Morgan fingerprint density at radius 3 is 2.86 bits per heavy atom. The molecule has 0 atom stereocenters. The minimum atomic E-state index is -0.454. The van der Waals surface area contributed by atoms with Crippen molar-refractivity contribution in [3.05, 3.63) is 16.4 Å². The van der Waals surface area contributed by atoms with Gasteiger partial charge < -0.3 is 0 Å². The Balaban J connectivity index is 1.78. The van der Waals surface area contributed by atoms with Crippen molar-refractivity contribution in [2.24, 2.45) is 0 Å². The van der Waals surface area contributed by atoms with Crippen LogP contribution in [0.25, 0.3) is 0 Å². The minimum absolute atomic E-state index is 0.454. The molecule has 0 aromatic carbocycles. The standard InChI is InChI=1S/C9H14N2O2S/c12-9-10-8(11-13-9)6-14-7-4-2-1-3-5-7/h7H,1-6H2,(H,10,11,12). The number of hydrogen-bond acceptors (Lipinski definition) is 4. The Hall–Kier alpha value is -0.710. The third kappa shape index (κ3) is 2.64. The quantitative estimate of drug-likeness (QED) is 0.835. The van der Waals surface area contributed by atoms with Gasteiger partial charge in [0.25, 0.3) is 0 Å². The Morgan fingerprint density at radius 1 is 1.43 bits per heavy atom. The van der Waals surface area contributed by atoms with Gasteiger partial charge in [0.05, 0.1) is 5.75 Å². The van der Waals surface area contributed by atoms with Crippen LogP contribution in [0.5, 0.6) is 0 Å². The highest BCUT2D eigenvalue weighted by Crippen LogP contribution is 2.29. The van der Waals surface area contributed by atoms with Gasteiger partial charge in [-0.3, -0.25) is 9.51 Å². The lowest BCUT2D eigenvalue weighted by atomic mass is 10.0. The van der Waals surface area contributed by atoms with Gasteiger partial charge in [0, 0.05) is 5.25 Å². The van der Waals surface area contributed by atoms with Crippen LogP contribution in [0, 0.1) is 0 Å². The molecule has 0 saturated heterocycles. The van der Waals surface area contributed by atoms with Crippen molar-refractivity contribution in [3.8, 4) is 0 Å². The fourth-order valence-corrected chi connectivity index (χ4v) is 2.94. The van der Waals surface area contributed by atoms with E-state index in [1.54, 1.807) is 0 Å². The lowest BCUT2D eigenvalue weighted by Crippen LogP contribution is -2.08. The average molecular weight is 214 g/mol. The van der Waals surface area contributed by atoms with Gasteiger partial charge in [-0.2, -0.15) is 11.8 Å². The molecule has 1 saturated carbocycles. The average Bonchev–Trinajstić information content (AvgIpc) is 2.63. The molecule has 1 N–H and O–H groups in total. The Bertz CT molecular complexity index is 328. The summed E-state index contributed by atoms with van der Waals surface area (Å²) < 4.78 is 4.43. The summed E-state index contributed by atoms with van der Waals surface area (Å²) in [7, 11) is 0. The summed E-state index contributed by atoms with van der Waals surface area (Å²) in [6.45, 7) is 0. The van der Waals surface area contributed by atoms with Crippen LogP contribution in [0.2, 0.25) is 0 Å². The van der Waals surface area contributed by atoms with E-state index in [2.05, 4.69) is 14.7 Å². The first kappa shape index (κ1) is 9.83. The predicted octanol–water partition coefficient (Wildman–Crippen LogP) is 1.93. The largest absolute Gasteiger partial charge is 0.438 e. The highest BCUT2D eigenvalue weighted by atomic mass is 32.2. The number of nitrogens with zero attached hydrogens (tertiary/aromatic N) is 1. The van der Waals surface area contributed by atoms with Crippen molar-refractivity contribution < 1.29 is 4.52 Å². The number of hydrogen-bond donors (Lipinski definition) is 1. The monoisotopic (exact) mass is 214 g/mol. The van der Waals surface area contributed by atoms with Crippen LogP contribution in [-0.4, -0.2) is 15.4 Å². The number of H-pyrrole nitrogens is 1. The fraction of sp³-hybridized carbons (Fsp3) is 0.778. The van der Waals surface area contributed by atoms with Crippen LogP contribution in [0.1, 0.15) is 37.9 Å². The van der Waals surface area contributed by atoms with Crippen molar-refractivity contribution in [2.75, 3.05) is 0 Å². The molecule has 2 rings (SSSR count). The van der Waals surface area contributed by atoms with Crippen molar-refractivity contribution in [2.45, 2.75) is 43.1 Å². The lowest BCUT2D eigenvalue weighted by Gasteiger charge is -2.20. The van der Waals surface area contributed by atoms with Crippen LogP contribution < -0.4 is 5.76 Å². The minimum Gasteiger partial charge on any atom is -0.296 e. The maximum absolute atomic E-state index is 10.6. The topological polar surface area (TPSA) is 58.9 Å². The van der Waals surface area contributed by atoms with Gasteiger partial charge in [-0.25, -0.2) is 4.79 Å². The molecule has 1 aliphatic carbocycles. The molecule has 1 aromatic rings. The summed E-state index contributed by atoms with van der Waals surface area (Å²) in [5.74, 6) is 0.964. The molecule has 78 valence electrons. The number of thioether (sulfide) groups is 1. The summed E-state index contributed by atoms with van der Waals surface area (Å²) in [6, 6.07) is 0. The zero-order valence-corrected chi connectivity index (χ0v) is 8.81. The van der Waals surface area contributed by atoms with Gasteiger partial charge in [0.2, 0.25) is 0 Å². The van der Waals surface area contributed by atoms with Crippen LogP contribution >= 0.6 is 11.8 Å². The first-order valence-electron chi connectivity index (χ1n) is 5.01. The molecule has 0 unspecified atom stereocenters. The van der Waals surface area contributed by atoms with E-state index in [4.69, 9.17) is 0 Å². The summed E-state index contributed by atoms with van der Waals surface area (Å²) >= 11 is 1.87. The van der Waals surface area contributed by atoms with E-state index in [0.717, 1.165) is 11.0 Å². The van der Waals surface area contributed by atoms with E-state index in [-0.39, 0.29) is 0 Å². The van der Waals surface area contributed by atoms with Crippen molar-refractivity contribution in [1.82, 2.24) is 10.1 Å². The number of aromatic nitrogens is 2. The number of aromatic amines is 1. The summed E-state index contributed by atoms with van der Waals surface area (Å²) in [6.07, 6.45) is 6.65. The van der Waals surface area contributed by atoms with Gasteiger partial charge in [-0.15, -0.1) is 0 Å². The third-order valence-electron chi connectivity index (χ3n) is 2.49. The van der Waals surface area contributed by atoms with Gasteiger partial charge >= 0.3 is 5.76 Å².